The molecule has 11 heteroatoms. The van der Waals surface area contributed by atoms with Crippen LogP contribution in [0.15, 0.2) is 0 Å². The first kappa shape index (κ1) is 21.8. The fraction of sp³-hybridized carbons (Fsp3) is 0.692. The highest BCUT2D eigenvalue weighted by atomic mass is 16.4. The average Bonchev–Trinajstić information content (AvgIpc) is 2.46. The molecule has 24 heavy (non-hydrogen) atoms. The molecule has 138 valence electrons. The fourth-order valence-electron chi connectivity index (χ4n) is 1.59. The van der Waals surface area contributed by atoms with Crippen molar-refractivity contribution in [2.75, 3.05) is 6.54 Å². The van der Waals surface area contributed by atoms with Crippen LogP contribution in [0, 0.1) is 0 Å². The quantitative estimate of drug-likeness (QED) is 0.221. The fourth-order valence-corrected chi connectivity index (χ4v) is 1.59. The van der Waals surface area contributed by atoms with E-state index in [0.717, 1.165) is 0 Å². The van der Waals surface area contributed by atoms with Crippen molar-refractivity contribution >= 4 is 23.7 Å². The zero-order valence-corrected chi connectivity index (χ0v) is 13.6. The second-order valence-electron chi connectivity index (χ2n) is 5.36. The van der Waals surface area contributed by atoms with E-state index in [4.69, 9.17) is 10.8 Å². The molecule has 11 nitrogen and oxygen atoms in total. The van der Waals surface area contributed by atoms with Gasteiger partial charge in [-0.15, -0.1) is 0 Å². The van der Waals surface area contributed by atoms with E-state index in [1.54, 1.807) is 0 Å². The molecule has 0 spiro atoms. The Morgan fingerprint density at radius 3 is 1.79 bits per heavy atom. The minimum Gasteiger partial charge on any atom is -0.480 e. The zero-order chi connectivity index (χ0) is 19.0. The summed E-state index contributed by atoms with van der Waals surface area (Å²) in [6.45, 7) is 3.32. The Labute approximate surface area is 138 Å². The molecule has 0 rings (SSSR count). The number of carboxylic acids is 1. The lowest BCUT2D eigenvalue weighted by Gasteiger charge is -2.24. The van der Waals surface area contributed by atoms with Gasteiger partial charge in [-0.3, -0.25) is 14.4 Å². The molecule has 3 amide bonds. The van der Waals surface area contributed by atoms with Crippen LogP contribution in [0.2, 0.25) is 0 Å². The maximum Gasteiger partial charge on any atom is 0.328 e. The number of aliphatic hydroxyl groups is 2. The monoisotopic (exact) mass is 348 g/mol. The van der Waals surface area contributed by atoms with E-state index in [-0.39, 0.29) is 0 Å². The van der Waals surface area contributed by atoms with Crippen LogP contribution in [0.5, 0.6) is 0 Å². The van der Waals surface area contributed by atoms with Crippen molar-refractivity contribution in [3.63, 3.8) is 0 Å². The van der Waals surface area contributed by atoms with Gasteiger partial charge in [0.05, 0.1) is 24.8 Å². The number of hydrogen-bond acceptors (Lipinski definition) is 7. The third-order valence-electron chi connectivity index (χ3n) is 2.96. The summed E-state index contributed by atoms with van der Waals surface area (Å²) in [6.07, 6.45) is -2.73. The normalized spacial score (nSPS) is 16.9. The van der Waals surface area contributed by atoms with E-state index >= 15 is 0 Å². The standard InChI is InChI=1S/C13H24N4O7/c1-5(14)11(21)15-4-8(20)16-9(6(2)18)12(22)17-10(7(3)19)13(23)24/h5-7,9-10,18-19H,4,14H2,1-3H3,(H,15,21)(H,16,20)(H,17,22)(H,23,24). The minimum absolute atomic E-state index is 0.477. The second kappa shape index (κ2) is 9.80. The second-order valence-corrected chi connectivity index (χ2v) is 5.36. The Morgan fingerprint density at radius 1 is 0.917 bits per heavy atom. The number of carbonyl (C=O) groups excluding carboxylic acids is 3. The van der Waals surface area contributed by atoms with E-state index in [2.05, 4.69) is 10.6 Å². The molecule has 5 atom stereocenters. The Balaban J connectivity index is 4.79. The molecule has 0 aliphatic heterocycles. The molecule has 0 aliphatic carbocycles. The largest absolute Gasteiger partial charge is 0.480 e. The Hall–Kier alpha value is -2.24. The number of nitrogens with two attached hydrogens (primary N) is 1. The molecule has 0 aromatic heterocycles. The molecule has 0 saturated carbocycles. The first-order chi connectivity index (χ1) is 11.0. The first-order valence-corrected chi connectivity index (χ1v) is 7.19. The number of carbonyl (C=O) groups is 4. The zero-order valence-electron chi connectivity index (χ0n) is 13.6. The SMILES string of the molecule is CC(N)C(=O)NCC(=O)NC(C(=O)NC(C(=O)O)C(C)O)C(C)O. The van der Waals surface area contributed by atoms with Crippen molar-refractivity contribution in [3.05, 3.63) is 0 Å². The lowest BCUT2D eigenvalue weighted by molar-refractivity contribution is -0.145. The molecule has 0 bridgehead atoms. The maximum absolute atomic E-state index is 12.0. The summed E-state index contributed by atoms with van der Waals surface area (Å²) in [6, 6.07) is -3.89. The Kier molecular flexibility index (Phi) is 8.89. The lowest BCUT2D eigenvalue weighted by atomic mass is 10.1. The van der Waals surface area contributed by atoms with Crippen LogP contribution in [0.1, 0.15) is 20.8 Å². The molecule has 0 aromatic rings. The Morgan fingerprint density at radius 2 is 1.42 bits per heavy atom. The van der Waals surface area contributed by atoms with Gasteiger partial charge in [-0.25, -0.2) is 4.79 Å². The molecule has 0 heterocycles. The van der Waals surface area contributed by atoms with E-state index < -0.39 is 60.6 Å². The van der Waals surface area contributed by atoms with Crippen molar-refractivity contribution in [2.24, 2.45) is 5.73 Å². The molecule has 0 aromatic carbocycles. The number of hydrogen-bond donors (Lipinski definition) is 7. The molecular formula is C13H24N4O7. The summed E-state index contributed by atoms with van der Waals surface area (Å²) in [7, 11) is 0. The molecule has 0 fully saturated rings. The van der Waals surface area contributed by atoms with E-state index in [1.807, 2.05) is 5.32 Å². The van der Waals surface area contributed by atoms with Crippen LogP contribution in [-0.4, -0.2) is 75.9 Å². The van der Waals surface area contributed by atoms with Gasteiger partial charge >= 0.3 is 5.97 Å². The number of nitrogens with one attached hydrogen (secondary N) is 3. The third kappa shape index (κ3) is 7.35. The van der Waals surface area contributed by atoms with Gasteiger partial charge in [0.25, 0.3) is 0 Å². The molecule has 5 unspecified atom stereocenters. The van der Waals surface area contributed by atoms with Gasteiger partial charge in [0.2, 0.25) is 17.7 Å². The van der Waals surface area contributed by atoms with Gasteiger partial charge in [-0.05, 0) is 20.8 Å². The maximum atomic E-state index is 12.0. The predicted molar refractivity (Wildman–Crippen MR) is 81.5 cm³/mol. The van der Waals surface area contributed by atoms with Gasteiger partial charge < -0.3 is 37.0 Å². The molecule has 0 saturated heterocycles. The highest BCUT2D eigenvalue weighted by Gasteiger charge is 2.31. The average molecular weight is 348 g/mol. The van der Waals surface area contributed by atoms with Gasteiger partial charge in [-0.1, -0.05) is 0 Å². The number of carboxylic acid groups (broad SMARTS) is 1. The van der Waals surface area contributed by atoms with Gasteiger partial charge in [0.15, 0.2) is 6.04 Å². The number of aliphatic hydroxyl groups excluding tert-OH is 2. The summed E-state index contributed by atoms with van der Waals surface area (Å²) in [5.41, 5.74) is 5.30. The van der Waals surface area contributed by atoms with Crippen LogP contribution >= 0.6 is 0 Å². The molecule has 0 aliphatic rings. The summed E-state index contributed by atoms with van der Waals surface area (Å²) >= 11 is 0. The summed E-state index contributed by atoms with van der Waals surface area (Å²) < 4.78 is 0. The topological polar surface area (TPSA) is 191 Å². The lowest BCUT2D eigenvalue weighted by Crippen LogP contribution is -2.58. The van der Waals surface area contributed by atoms with Crippen LogP contribution < -0.4 is 21.7 Å². The van der Waals surface area contributed by atoms with Crippen LogP contribution in [0.3, 0.4) is 0 Å². The molecule has 8 N–H and O–H groups in total. The number of rotatable bonds is 9. The predicted octanol–water partition coefficient (Wildman–Crippen LogP) is -3.73. The molecule has 0 radical (unpaired) electrons. The number of aliphatic carboxylic acids is 1. The summed E-state index contributed by atoms with van der Waals surface area (Å²) in [5, 5.41) is 34.2. The van der Waals surface area contributed by atoms with Crippen molar-refractivity contribution in [3.8, 4) is 0 Å². The summed E-state index contributed by atoms with van der Waals surface area (Å²) in [4.78, 5) is 45.9. The van der Waals surface area contributed by atoms with Crippen LogP contribution in [0.25, 0.3) is 0 Å². The number of amides is 3. The van der Waals surface area contributed by atoms with E-state index in [1.165, 1.54) is 20.8 Å². The van der Waals surface area contributed by atoms with Crippen molar-refractivity contribution < 1.29 is 34.5 Å². The van der Waals surface area contributed by atoms with E-state index in [9.17, 15) is 29.4 Å². The smallest absolute Gasteiger partial charge is 0.328 e. The molecular weight excluding hydrogens is 324 g/mol. The van der Waals surface area contributed by atoms with Crippen molar-refractivity contribution in [1.82, 2.24) is 16.0 Å². The Bertz CT molecular complexity index is 479. The van der Waals surface area contributed by atoms with Crippen LogP contribution in [0.4, 0.5) is 0 Å². The van der Waals surface area contributed by atoms with E-state index in [0.29, 0.717) is 0 Å². The van der Waals surface area contributed by atoms with Crippen molar-refractivity contribution in [1.29, 1.82) is 0 Å². The van der Waals surface area contributed by atoms with Gasteiger partial charge in [-0.2, -0.15) is 0 Å². The highest BCUT2D eigenvalue weighted by molar-refractivity contribution is 5.92. The highest BCUT2D eigenvalue weighted by Crippen LogP contribution is 1.98. The third-order valence-corrected chi connectivity index (χ3v) is 2.96. The van der Waals surface area contributed by atoms with Gasteiger partial charge in [0, 0.05) is 0 Å². The van der Waals surface area contributed by atoms with Crippen LogP contribution in [-0.2, 0) is 19.2 Å². The van der Waals surface area contributed by atoms with Crippen molar-refractivity contribution in [2.45, 2.75) is 51.1 Å². The first-order valence-electron chi connectivity index (χ1n) is 7.19. The summed E-state index contributed by atoms with van der Waals surface area (Å²) in [5.74, 6) is -3.83. The minimum atomic E-state index is -1.60. The van der Waals surface area contributed by atoms with Gasteiger partial charge in [0.1, 0.15) is 6.04 Å².